The Balaban J connectivity index is 1.21. The Hall–Kier alpha value is -8.85. The molecule has 5 rings (SSSR count). The van der Waals surface area contributed by atoms with Crippen molar-refractivity contribution in [2.45, 2.75) is 19.4 Å². The van der Waals surface area contributed by atoms with E-state index in [1.54, 1.807) is 25.1 Å². The first-order valence-electron chi connectivity index (χ1n) is 18.3. The van der Waals surface area contributed by atoms with Gasteiger partial charge >= 0.3 is 5.97 Å². The summed E-state index contributed by atoms with van der Waals surface area (Å²) in [4.78, 5) is 76.6. The van der Waals surface area contributed by atoms with E-state index >= 15 is 0 Å². The van der Waals surface area contributed by atoms with Gasteiger partial charge in [0.2, 0.25) is 5.91 Å². The van der Waals surface area contributed by atoms with Gasteiger partial charge in [0.25, 0.3) is 23.6 Å². The third-order valence-corrected chi connectivity index (χ3v) is 9.01. The third kappa shape index (κ3) is 10.6. The summed E-state index contributed by atoms with van der Waals surface area (Å²) in [5.41, 5.74) is 1.02. The van der Waals surface area contributed by atoms with Crippen LogP contribution in [0.2, 0.25) is 0 Å². The number of amides is 5. The number of phenols is 3. The monoisotopic (exact) mass is 842 g/mol. The van der Waals surface area contributed by atoms with E-state index in [1.165, 1.54) is 99.1 Å². The number of hydrogen-bond acceptors (Lipinski definition) is 12. The smallest absolute Gasteiger partial charge is 0.335 e. The van der Waals surface area contributed by atoms with Crippen molar-refractivity contribution in [1.29, 1.82) is 5.26 Å². The second kappa shape index (κ2) is 19.7. The molecule has 5 aromatic carbocycles. The highest BCUT2D eigenvalue weighted by Gasteiger charge is 2.26. The summed E-state index contributed by atoms with van der Waals surface area (Å²) in [5, 5.41) is 62.5. The highest BCUT2D eigenvalue weighted by atomic mass is 16.5. The number of anilines is 4. The zero-order valence-electron chi connectivity index (χ0n) is 33.1. The van der Waals surface area contributed by atoms with Crippen molar-refractivity contribution >= 4 is 64.3 Å². The number of carbonyl (C=O) groups excluding carboxylic acids is 5. The molecule has 18 nitrogen and oxygen atoms in total. The number of nitrogens with zero attached hydrogens (tertiary/aromatic N) is 1. The number of phenolic OH excluding ortho intramolecular Hbond substituents is 3. The SMILES string of the molecule is COc1c(NC(=O)/C(C)=C/c2ccc(O)cc2)ccc(C(=O)N[C@@H](CC#N)C(=O)Nc2ccc(C(=O)Nc3ccc(C(=O)Nc4ccc(C(=O)O)cc4)c(O)c3OC)cc2)c1O. The van der Waals surface area contributed by atoms with Gasteiger partial charge in [0, 0.05) is 22.5 Å². The maximum Gasteiger partial charge on any atom is 0.335 e. The van der Waals surface area contributed by atoms with Crippen LogP contribution in [-0.4, -0.2) is 76.2 Å². The van der Waals surface area contributed by atoms with E-state index < -0.39 is 59.5 Å². The van der Waals surface area contributed by atoms with E-state index in [9.17, 15) is 49.3 Å². The van der Waals surface area contributed by atoms with Crippen LogP contribution in [0.1, 0.15) is 60.3 Å². The fraction of sp³-hybridized carbons (Fsp3) is 0.114. The van der Waals surface area contributed by atoms with Gasteiger partial charge in [0.1, 0.15) is 11.8 Å². The maximum atomic E-state index is 13.3. The summed E-state index contributed by atoms with van der Waals surface area (Å²) in [5.74, 6) is -6.45. The number of ether oxygens (including phenoxy) is 2. The number of hydrogen-bond donors (Lipinski definition) is 9. The van der Waals surface area contributed by atoms with E-state index in [0.717, 1.165) is 0 Å². The molecular weight excluding hydrogens is 805 g/mol. The Morgan fingerprint density at radius 1 is 0.645 bits per heavy atom. The van der Waals surface area contributed by atoms with Gasteiger partial charge in [-0.15, -0.1) is 0 Å². The van der Waals surface area contributed by atoms with Crippen LogP contribution in [0.15, 0.2) is 103 Å². The van der Waals surface area contributed by atoms with Gasteiger partial charge in [0.05, 0.1) is 54.8 Å². The molecule has 0 saturated heterocycles. The first-order chi connectivity index (χ1) is 29.6. The molecular formula is C44H38N6O12. The van der Waals surface area contributed by atoms with Gasteiger partial charge in [-0.25, -0.2) is 4.79 Å². The summed E-state index contributed by atoms with van der Waals surface area (Å²) in [6.45, 7) is 1.55. The van der Waals surface area contributed by atoms with Crippen LogP contribution in [0, 0.1) is 11.3 Å². The molecule has 0 spiro atoms. The van der Waals surface area contributed by atoms with Gasteiger partial charge in [0.15, 0.2) is 23.0 Å². The molecule has 0 saturated carbocycles. The zero-order chi connectivity index (χ0) is 45.1. The number of aromatic hydroxyl groups is 3. The van der Waals surface area contributed by atoms with Gasteiger partial charge in [-0.1, -0.05) is 12.1 Å². The zero-order valence-corrected chi connectivity index (χ0v) is 33.1. The Morgan fingerprint density at radius 3 is 1.69 bits per heavy atom. The normalized spacial score (nSPS) is 11.2. The number of carbonyl (C=O) groups is 6. The van der Waals surface area contributed by atoms with Crippen LogP contribution in [0.4, 0.5) is 22.7 Å². The molecule has 0 aromatic heterocycles. The van der Waals surface area contributed by atoms with Crippen LogP contribution in [0.5, 0.6) is 28.7 Å². The lowest BCUT2D eigenvalue weighted by atomic mass is 10.1. The minimum absolute atomic E-state index is 0.0146. The standard InChI is InChI=1S/C44H38N6O12/c1-23(22-24-4-14-29(51)15-5-24)39(54)48-32-18-17-31(36(53)37(32)61-2)42(57)50-34(20-21-45)43(58)47-28-10-6-25(7-11-28)40(55)49-33-19-16-30(35(52)38(33)62-3)41(56)46-27-12-8-26(9-13-27)44(59)60/h4-19,22,34,51-53H,20H2,1-3H3,(H,46,56)(H,47,58)(H,48,54)(H,49,55)(H,50,57)(H,59,60)/b23-22+/t34-/m0/s1. The molecule has 0 aliphatic heterocycles. The third-order valence-electron chi connectivity index (χ3n) is 9.01. The summed E-state index contributed by atoms with van der Waals surface area (Å²) in [7, 11) is 2.43. The fourth-order valence-electron chi connectivity index (χ4n) is 5.79. The van der Waals surface area contributed by atoms with Crippen molar-refractivity contribution in [2.24, 2.45) is 0 Å². The van der Waals surface area contributed by atoms with E-state index in [2.05, 4.69) is 26.6 Å². The number of benzene rings is 5. The highest BCUT2D eigenvalue weighted by Crippen LogP contribution is 2.39. The number of aromatic carboxylic acids is 1. The van der Waals surface area contributed by atoms with E-state index in [-0.39, 0.29) is 67.8 Å². The van der Waals surface area contributed by atoms with Gasteiger partial charge in [-0.2, -0.15) is 5.26 Å². The van der Waals surface area contributed by atoms with Crippen LogP contribution >= 0.6 is 0 Å². The molecule has 0 fully saturated rings. The Morgan fingerprint density at radius 2 is 1.16 bits per heavy atom. The van der Waals surface area contributed by atoms with Crippen LogP contribution in [0.25, 0.3) is 6.08 Å². The summed E-state index contributed by atoms with van der Waals surface area (Å²) < 4.78 is 10.5. The molecule has 0 bridgehead atoms. The lowest BCUT2D eigenvalue weighted by Crippen LogP contribution is -2.43. The number of carboxylic acid groups (broad SMARTS) is 1. The quantitative estimate of drug-likeness (QED) is 0.0571. The second-order valence-electron chi connectivity index (χ2n) is 13.2. The number of methoxy groups -OCH3 is 2. The minimum atomic E-state index is -1.41. The number of nitrogens with one attached hydrogen (secondary N) is 5. The molecule has 5 amide bonds. The minimum Gasteiger partial charge on any atom is -0.508 e. The largest absolute Gasteiger partial charge is 0.508 e. The van der Waals surface area contributed by atoms with Gasteiger partial charge in [-0.3, -0.25) is 24.0 Å². The Bertz CT molecular complexity index is 2620. The predicted molar refractivity (Wildman–Crippen MR) is 226 cm³/mol. The summed E-state index contributed by atoms with van der Waals surface area (Å²) in [6, 6.07) is 22.5. The average Bonchev–Trinajstić information content (AvgIpc) is 3.24. The Kier molecular flexibility index (Phi) is 14.1. The maximum absolute atomic E-state index is 13.3. The predicted octanol–water partition coefficient (Wildman–Crippen LogP) is 5.72. The first-order valence-corrected chi connectivity index (χ1v) is 18.3. The molecule has 62 heavy (non-hydrogen) atoms. The first kappa shape index (κ1) is 44.3. The summed E-state index contributed by atoms with van der Waals surface area (Å²) >= 11 is 0. The van der Waals surface area contributed by atoms with Crippen molar-refractivity contribution in [3.63, 3.8) is 0 Å². The average molecular weight is 843 g/mol. The van der Waals surface area contributed by atoms with Crippen molar-refractivity contribution in [3.8, 4) is 34.8 Å². The van der Waals surface area contributed by atoms with Crippen molar-refractivity contribution < 1.29 is 58.7 Å². The molecule has 0 heterocycles. The molecule has 1 atom stereocenters. The number of carboxylic acids is 1. The van der Waals surface area contributed by atoms with E-state index in [1.807, 2.05) is 6.07 Å². The van der Waals surface area contributed by atoms with Crippen molar-refractivity contribution in [2.75, 3.05) is 35.5 Å². The van der Waals surface area contributed by atoms with Gasteiger partial charge < -0.3 is 56.5 Å². The highest BCUT2D eigenvalue weighted by molar-refractivity contribution is 6.10. The van der Waals surface area contributed by atoms with Crippen molar-refractivity contribution in [1.82, 2.24) is 5.32 Å². The second-order valence-corrected chi connectivity index (χ2v) is 13.2. The lowest BCUT2D eigenvalue weighted by molar-refractivity contribution is -0.118. The number of rotatable bonds is 15. The number of nitriles is 1. The Labute approximate surface area is 353 Å². The fourth-order valence-corrected chi connectivity index (χ4v) is 5.79. The molecule has 0 aliphatic rings. The molecule has 0 radical (unpaired) electrons. The molecule has 5 aromatic rings. The molecule has 316 valence electrons. The molecule has 18 heteroatoms. The topological polar surface area (TPSA) is 286 Å². The molecule has 9 N–H and O–H groups in total. The van der Waals surface area contributed by atoms with Crippen LogP contribution < -0.4 is 36.1 Å². The van der Waals surface area contributed by atoms with Gasteiger partial charge in [-0.05, 0) is 103 Å². The summed E-state index contributed by atoms with van der Waals surface area (Å²) in [6.07, 6.45) is 1.11. The van der Waals surface area contributed by atoms with Crippen LogP contribution in [-0.2, 0) is 9.59 Å². The molecule has 0 unspecified atom stereocenters. The lowest BCUT2D eigenvalue weighted by Gasteiger charge is -2.18. The van der Waals surface area contributed by atoms with E-state index in [4.69, 9.17) is 14.6 Å². The molecule has 0 aliphatic carbocycles. The van der Waals surface area contributed by atoms with Crippen LogP contribution in [0.3, 0.4) is 0 Å². The van der Waals surface area contributed by atoms with E-state index in [0.29, 0.717) is 5.56 Å². The van der Waals surface area contributed by atoms with Crippen molar-refractivity contribution in [3.05, 3.63) is 130 Å².